The molecule has 1 N–H and O–H groups in total. The highest BCUT2D eigenvalue weighted by Gasteiger charge is 2.54. The number of halogens is 2. The third-order valence-electron chi connectivity index (χ3n) is 4.69. The van der Waals surface area contributed by atoms with Crippen LogP contribution in [0.4, 0.5) is 8.78 Å². The number of rotatable bonds is 2. The van der Waals surface area contributed by atoms with Crippen molar-refractivity contribution in [1.29, 1.82) is 0 Å². The molecule has 130 valence electrons. The summed E-state index contributed by atoms with van der Waals surface area (Å²) in [4.78, 5) is 27.6. The molecule has 2 fully saturated rings. The third-order valence-corrected chi connectivity index (χ3v) is 4.69. The van der Waals surface area contributed by atoms with E-state index < -0.39 is 35.3 Å². The molecule has 0 aromatic heterocycles. The van der Waals surface area contributed by atoms with Crippen LogP contribution in [0.5, 0.6) is 0 Å². The molecule has 0 aliphatic carbocycles. The van der Waals surface area contributed by atoms with Crippen molar-refractivity contribution in [2.24, 2.45) is 0 Å². The number of nitrogens with zero attached hydrogens (tertiary/aromatic N) is 2. The molecule has 6 nitrogen and oxygen atoms in total. The number of hydrogen-bond acceptors (Lipinski definition) is 4. The summed E-state index contributed by atoms with van der Waals surface area (Å²) in [5.74, 6) is -3.81. The molecule has 2 heterocycles. The van der Waals surface area contributed by atoms with Crippen LogP contribution in [0.25, 0.3) is 0 Å². The van der Waals surface area contributed by atoms with Crippen LogP contribution in [0.3, 0.4) is 0 Å². The summed E-state index contributed by atoms with van der Waals surface area (Å²) < 4.78 is 32.8. The van der Waals surface area contributed by atoms with Crippen molar-refractivity contribution in [3.63, 3.8) is 0 Å². The number of carboxylic acid groups (broad SMARTS) is 1. The van der Waals surface area contributed by atoms with Crippen LogP contribution in [-0.2, 0) is 9.53 Å². The van der Waals surface area contributed by atoms with Crippen molar-refractivity contribution < 1.29 is 28.2 Å². The van der Waals surface area contributed by atoms with E-state index in [9.17, 15) is 23.5 Å². The van der Waals surface area contributed by atoms with Crippen LogP contribution < -0.4 is 0 Å². The molecule has 0 radical (unpaired) electrons. The predicted octanol–water partition coefficient (Wildman–Crippen LogP) is 1.31. The Balaban J connectivity index is 1.98. The van der Waals surface area contributed by atoms with Gasteiger partial charge in [0.1, 0.15) is 17.4 Å². The molecule has 0 saturated carbocycles. The number of aliphatic carboxylic acids is 1. The Morgan fingerprint density at radius 2 is 1.96 bits per heavy atom. The van der Waals surface area contributed by atoms with Gasteiger partial charge in [-0.3, -0.25) is 9.69 Å². The van der Waals surface area contributed by atoms with Gasteiger partial charge in [-0.2, -0.15) is 0 Å². The van der Waals surface area contributed by atoms with Crippen molar-refractivity contribution in [2.45, 2.75) is 24.6 Å². The molecule has 1 amide bonds. The highest BCUT2D eigenvalue weighted by molar-refractivity contribution is 5.97. The Labute approximate surface area is 137 Å². The molecule has 0 bridgehead atoms. The molecular formula is C16H18F2N2O4. The lowest BCUT2D eigenvalue weighted by molar-refractivity contribution is -0.143. The minimum Gasteiger partial charge on any atom is -0.480 e. The highest BCUT2D eigenvalue weighted by atomic mass is 19.1. The van der Waals surface area contributed by atoms with E-state index in [4.69, 9.17) is 4.74 Å². The Morgan fingerprint density at radius 3 is 2.54 bits per heavy atom. The molecule has 8 heteroatoms. The summed E-state index contributed by atoms with van der Waals surface area (Å²) in [6.45, 7) is 1.11. The van der Waals surface area contributed by atoms with E-state index in [1.807, 2.05) is 11.9 Å². The van der Waals surface area contributed by atoms with Gasteiger partial charge in [0, 0.05) is 32.0 Å². The van der Waals surface area contributed by atoms with Crippen molar-refractivity contribution in [3.05, 3.63) is 35.4 Å². The Kier molecular flexibility index (Phi) is 4.27. The van der Waals surface area contributed by atoms with Gasteiger partial charge >= 0.3 is 5.97 Å². The average molecular weight is 340 g/mol. The number of carboxylic acids is 1. The van der Waals surface area contributed by atoms with Gasteiger partial charge in [0.25, 0.3) is 5.91 Å². The van der Waals surface area contributed by atoms with E-state index in [1.165, 1.54) is 0 Å². The number of likely N-dealkylation sites (tertiary alicyclic amines) is 1. The van der Waals surface area contributed by atoms with Crippen LogP contribution in [0.1, 0.15) is 23.2 Å². The van der Waals surface area contributed by atoms with Crippen LogP contribution in [0.15, 0.2) is 18.2 Å². The molecule has 1 aromatic rings. The summed E-state index contributed by atoms with van der Waals surface area (Å²) in [6, 6.07) is 1.43. The fraction of sp³-hybridized carbons (Fsp3) is 0.500. The average Bonchev–Trinajstić information content (AvgIpc) is 2.89. The van der Waals surface area contributed by atoms with E-state index in [0.717, 1.165) is 17.0 Å². The molecular weight excluding hydrogens is 322 g/mol. The zero-order valence-corrected chi connectivity index (χ0v) is 13.2. The zero-order valence-electron chi connectivity index (χ0n) is 13.2. The van der Waals surface area contributed by atoms with Crippen molar-refractivity contribution in [1.82, 2.24) is 9.80 Å². The van der Waals surface area contributed by atoms with Gasteiger partial charge in [-0.1, -0.05) is 0 Å². The van der Waals surface area contributed by atoms with Gasteiger partial charge < -0.3 is 14.7 Å². The first-order valence-corrected chi connectivity index (χ1v) is 7.68. The van der Waals surface area contributed by atoms with E-state index in [1.54, 1.807) is 0 Å². The second kappa shape index (κ2) is 6.10. The van der Waals surface area contributed by atoms with E-state index in [2.05, 4.69) is 0 Å². The van der Waals surface area contributed by atoms with Crippen molar-refractivity contribution >= 4 is 11.9 Å². The summed E-state index contributed by atoms with van der Waals surface area (Å²) in [5, 5.41) is 9.42. The quantitative estimate of drug-likeness (QED) is 0.879. The van der Waals surface area contributed by atoms with Gasteiger partial charge in [-0.25, -0.2) is 13.6 Å². The summed E-state index contributed by atoms with van der Waals surface area (Å²) >= 11 is 0. The second-order valence-corrected chi connectivity index (χ2v) is 6.21. The van der Waals surface area contributed by atoms with Gasteiger partial charge in [0.15, 0.2) is 6.04 Å². The maximum absolute atomic E-state index is 14.0. The van der Waals surface area contributed by atoms with Crippen LogP contribution in [0.2, 0.25) is 0 Å². The Morgan fingerprint density at radius 1 is 1.29 bits per heavy atom. The lowest BCUT2D eigenvalue weighted by atomic mass is 9.97. The van der Waals surface area contributed by atoms with Crippen LogP contribution in [-0.4, -0.2) is 65.3 Å². The number of hydrogen-bond donors (Lipinski definition) is 1. The number of ether oxygens (including phenoxy) is 1. The fourth-order valence-electron chi connectivity index (χ4n) is 3.32. The normalized spacial score (nSPS) is 23.6. The Bertz CT molecular complexity index is 674. The van der Waals surface area contributed by atoms with E-state index in [0.29, 0.717) is 32.0 Å². The molecule has 2 aliphatic rings. The standard InChI is InChI=1S/C16H18F2N2O4/c1-19-6-4-16(5-7-19)20(13(9-24-16)15(22)23)14(21)11-3-2-10(17)8-12(11)18/h2-3,8,13H,4-7,9H2,1H3,(H,22,23). The lowest BCUT2D eigenvalue weighted by Gasteiger charge is -2.43. The first-order chi connectivity index (χ1) is 11.3. The van der Waals surface area contributed by atoms with Gasteiger partial charge in [0.05, 0.1) is 12.2 Å². The number of benzene rings is 1. The smallest absolute Gasteiger partial charge is 0.328 e. The van der Waals surface area contributed by atoms with E-state index in [-0.39, 0.29) is 12.2 Å². The van der Waals surface area contributed by atoms with Crippen molar-refractivity contribution in [2.75, 3.05) is 26.7 Å². The summed E-state index contributed by atoms with van der Waals surface area (Å²) in [5.41, 5.74) is -1.42. The number of piperidine rings is 1. The van der Waals surface area contributed by atoms with Gasteiger partial charge in [-0.15, -0.1) is 0 Å². The topological polar surface area (TPSA) is 70.1 Å². The molecule has 2 aliphatic heterocycles. The summed E-state index contributed by atoms with van der Waals surface area (Å²) in [6.07, 6.45) is 0.865. The SMILES string of the molecule is CN1CCC2(CC1)OCC(C(=O)O)N2C(=O)c1ccc(F)cc1F. The molecule has 24 heavy (non-hydrogen) atoms. The van der Waals surface area contributed by atoms with Crippen LogP contribution in [0, 0.1) is 11.6 Å². The fourth-order valence-corrected chi connectivity index (χ4v) is 3.32. The van der Waals surface area contributed by atoms with Crippen molar-refractivity contribution in [3.8, 4) is 0 Å². The van der Waals surface area contributed by atoms with E-state index >= 15 is 0 Å². The van der Waals surface area contributed by atoms with Crippen LogP contribution >= 0.6 is 0 Å². The Hall–Kier alpha value is -2.06. The molecule has 1 unspecified atom stereocenters. The zero-order chi connectivity index (χ0) is 17.5. The minimum absolute atomic E-state index is 0.145. The lowest BCUT2D eigenvalue weighted by Crippen LogP contribution is -2.57. The molecule has 1 aromatic carbocycles. The largest absolute Gasteiger partial charge is 0.480 e. The first kappa shape index (κ1) is 16.8. The molecule has 3 rings (SSSR count). The van der Waals surface area contributed by atoms with Gasteiger partial charge in [0.2, 0.25) is 0 Å². The maximum Gasteiger partial charge on any atom is 0.328 e. The third kappa shape index (κ3) is 2.76. The molecule has 1 spiro atoms. The monoisotopic (exact) mass is 340 g/mol. The minimum atomic E-state index is -1.21. The first-order valence-electron chi connectivity index (χ1n) is 7.68. The maximum atomic E-state index is 14.0. The summed E-state index contributed by atoms with van der Waals surface area (Å²) in [7, 11) is 1.92. The molecule has 1 atom stereocenters. The second-order valence-electron chi connectivity index (χ2n) is 6.21. The number of carbonyl (C=O) groups excluding carboxylic acids is 1. The highest BCUT2D eigenvalue weighted by Crippen LogP contribution is 2.38. The number of amides is 1. The predicted molar refractivity (Wildman–Crippen MR) is 79.4 cm³/mol. The van der Waals surface area contributed by atoms with Gasteiger partial charge in [-0.05, 0) is 19.2 Å². The molecule has 2 saturated heterocycles. The number of carbonyl (C=O) groups is 2.